The molecule has 0 aromatic rings. The predicted octanol–water partition coefficient (Wildman–Crippen LogP) is 0.126. The Labute approximate surface area is 88.8 Å². The van der Waals surface area contributed by atoms with Gasteiger partial charge in [0.15, 0.2) is 0 Å². The van der Waals surface area contributed by atoms with Crippen LogP contribution in [0, 0.1) is 5.92 Å². The monoisotopic (exact) mass is 168 g/mol. The molecule has 0 fully saturated rings. The van der Waals surface area contributed by atoms with E-state index in [4.69, 9.17) is 0 Å². The van der Waals surface area contributed by atoms with Gasteiger partial charge >= 0.3 is 35.5 Å². The van der Waals surface area contributed by atoms with E-state index in [9.17, 15) is 9.59 Å². The minimum absolute atomic E-state index is 0. The van der Waals surface area contributed by atoms with E-state index in [-0.39, 0.29) is 35.3 Å². The molecule has 4 heteroatoms. The van der Waals surface area contributed by atoms with Gasteiger partial charge in [0, 0.05) is 0 Å². The third kappa shape index (κ3) is 5.41. The average molecular weight is 168 g/mol. The second kappa shape index (κ2) is 6.83. The van der Waals surface area contributed by atoms with Crippen LogP contribution in [0.1, 0.15) is 20.8 Å². The van der Waals surface area contributed by atoms with Gasteiger partial charge in [0.2, 0.25) is 0 Å². The van der Waals surface area contributed by atoms with Gasteiger partial charge in [-0.25, -0.2) is 0 Å². The fraction of sp³-hybridized carbons (Fsp3) is 0.714. The van der Waals surface area contributed by atoms with Crippen LogP contribution in [0.4, 0.5) is 0 Å². The van der Waals surface area contributed by atoms with E-state index in [0.717, 1.165) is 0 Å². The fourth-order valence-electron chi connectivity index (χ4n) is 0.433. The molecular formula is C7H13NaO3. The van der Waals surface area contributed by atoms with Crippen LogP contribution in [0.15, 0.2) is 0 Å². The summed E-state index contributed by atoms with van der Waals surface area (Å²) in [7, 11) is 0. The molecule has 0 bridgehead atoms. The van der Waals surface area contributed by atoms with E-state index >= 15 is 0 Å². The molecule has 0 aliphatic rings. The van der Waals surface area contributed by atoms with Crippen molar-refractivity contribution in [1.29, 1.82) is 0 Å². The third-order valence-electron chi connectivity index (χ3n) is 1.25. The number of rotatable bonds is 3. The topological polar surface area (TPSA) is 43.4 Å². The van der Waals surface area contributed by atoms with Crippen molar-refractivity contribution in [3.8, 4) is 0 Å². The number of carbonyl (C=O) groups excluding carboxylic acids is 2. The molecule has 0 aromatic carbocycles. The number of esters is 1. The third-order valence-corrected chi connectivity index (χ3v) is 1.25. The first kappa shape index (κ1) is 13.7. The van der Waals surface area contributed by atoms with Crippen molar-refractivity contribution in [3.05, 3.63) is 0 Å². The van der Waals surface area contributed by atoms with Gasteiger partial charge in [-0.2, -0.15) is 0 Å². The maximum absolute atomic E-state index is 10.7. The molecule has 11 heavy (non-hydrogen) atoms. The van der Waals surface area contributed by atoms with Gasteiger partial charge in [-0.15, -0.1) is 0 Å². The molecule has 0 saturated heterocycles. The van der Waals surface area contributed by atoms with Crippen molar-refractivity contribution in [3.63, 3.8) is 0 Å². The van der Waals surface area contributed by atoms with Gasteiger partial charge < -0.3 is 4.74 Å². The minimum atomic E-state index is -0.611. The Morgan fingerprint density at radius 2 is 1.91 bits per heavy atom. The molecule has 0 saturated carbocycles. The number of ether oxygens (including phenoxy) is 1. The molecule has 0 amide bonds. The summed E-state index contributed by atoms with van der Waals surface area (Å²) in [5, 5.41) is 0. The van der Waals surface area contributed by atoms with Crippen LogP contribution in [0.2, 0.25) is 0 Å². The molecule has 1 unspecified atom stereocenters. The number of hydrogen-bond donors (Lipinski definition) is 0. The molecule has 0 spiro atoms. The zero-order valence-electron chi connectivity index (χ0n) is 6.51. The van der Waals surface area contributed by atoms with Crippen molar-refractivity contribution in [2.24, 2.45) is 5.92 Å². The molecule has 0 aromatic heterocycles. The Kier molecular flexibility index (Phi) is 8.51. The molecule has 1 atom stereocenters. The summed E-state index contributed by atoms with van der Waals surface area (Å²) in [4.78, 5) is 21.3. The van der Waals surface area contributed by atoms with Crippen LogP contribution in [-0.4, -0.2) is 47.9 Å². The van der Waals surface area contributed by atoms with Gasteiger partial charge in [0.1, 0.15) is 11.7 Å². The standard InChI is InChI=1S/C7H12O3.Na.H/c1-4-10-7(9)5(2)6(3)8;;/h5H,4H2,1-3H3;;. The summed E-state index contributed by atoms with van der Waals surface area (Å²) in [6.45, 7) is 4.96. The molecular weight excluding hydrogens is 155 g/mol. The van der Waals surface area contributed by atoms with Gasteiger partial charge in [0.05, 0.1) is 6.61 Å². The van der Waals surface area contributed by atoms with Crippen LogP contribution in [-0.2, 0) is 14.3 Å². The number of hydrogen-bond acceptors (Lipinski definition) is 3. The van der Waals surface area contributed by atoms with Crippen LogP contribution in [0.5, 0.6) is 0 Å². The first-order valence-electron chi connectivity index (χ1n) is 3.26. The molecule has 60 valence electrons. The Balaban J connectivity index is 0. The van der Waals surface area contributed by atoms with E-state index in [1.165, 1.54) is 6.92 Å². The van der Waals surface area contributed by atoms with Crippen molar-refractivity contribution in [1.82, 2.24) is 0 Å². The SMILES string of the molecule is CCOC(=O)C(C)C(C)=O.[NaH]. The Morgan fingerprint density at radius 3 is 2.18 bits per heavy atom. The van der Waals surface area contributed by atoms with Crippen LogP contribution in [0.25, 0.3) is 0 Å². The second-order valence-electron chi connectivity index (χ2n) is 2.08. The summed E-state index contributed by atoms with van der Waals surface area (Å²) in [6.07, 6.45) is 0. The fourth-order valence-corrected chi connectivity index (χ4v) is 0.433. The van der Waals surface area contributed by atoms with Crippen molar-refractivity contribution < 1.29 is 14.3 Å². The van der Waals surface area contributed by atoms with Crippen LogP contribution >= 0.6 is 0 Å². The van der Waals surface area contributed by atoms with Crippen LogP contribution in [0.3, 0.4) is 0 Å². The zero-order chi connectivity index (χ0) is 8.15. The van der Waals surface area contributed by atoms with E-state index < -0.39 is 11.9 Å². The molecule has 0 rings (SSSR count). The van der Waals surface area contributed by atoms with Gasteiger partial charge in [0.25, 0.3) is 0 Å². The van der Waals surface area contributed by atoms with E-state index in [1.807, 2.05) is 0 Å². The number of carbonyl (C=O) groups is 2. The molecule has 0 aliphatic heterocycles. The first-order chi connectivity index (χ1) is 4.59. The van der Waals surface area contributed by atoms with E-state index in [1.54, 1.807) is 13.8 Å². The summed E-state index contributed by atoms with van der Waals surface area (Å²) in [5.74, 6) is -1.20. The molecule has 0 N–H and O–H groups in total. The second-order valence-corrected chi connectivity index (χ2v) is 2.08. The summed E-state index contributed by atoms with van der Waals surface area (Å²) < 4.78 is 4.61. The summed E-state index contributed by atoms with van der Waals surface area (Å²) >= 11 is 0. The van der Waals surface area contributed by atoms with E-state index in [2.05, 4.69) is 4.74 Å². The maximum atomic E-state index is 10.7. The number of ketones is 1. The Hall–Kier alpha value is 0.140. The quantitative estimate of drug-likeness (QED) is 0.341. The van der Waals surface area contributed by atoms with Gasteiger partial charge in [-0.3, -0.25) is 9.59 Å². The van der Waals surface area contributed by atoms with E-state index in [0.29, 0.717) is 6.61 Å². The van der Waals surface area contributed by atoms with Gasteiger partial charge in [-0.1, -0.05) is 0 Å². The Bertz CT molecular complexity index is 145. The summed E-state index contributed by atoms with van der Waals surface area (Å²) in [5.41, 5.74) is 0. The molecule has 0 radical (unpaired) electrons. The average Bonchev–Trinajstić information content (AvgIpc) is 1.87. The van der Waals surface area contributed by atoms with Gasteiger partial charge in [-0.05, 0) is 20.8 Å². The normalized spacial score (nSPS) is 11.2. The van der Waals surface area contributed by atoms with Crippen molar-refractivity contribution in [2.75, 3.05) is 6.61 Å². The van der Waals surface area contributed by atoms with Crippen molar-refractivity contribution in [2.45, 2.75) is 20.8 Å². The van der Waals surface area contributed by atoms with Crippen LogP contribution < -0.4 is 0 Å². The molecule has 3 nitrogen and oxygen atoms in total. The molecule has 0 heterocycles. The number of Topliss-reactive ketones (excluding diaryl/α,β-unsaturated/α-hetero) is 1. The Morgan fingerprint density at radius 1 is 1.45 bits per heavy atom. The molecule has 0 aliphatic carbocycles. The summed E-state index contributed by atoms with van der Waals surface area (Å²) in [6, 6.07) is 0. The zero-order valence-corrected chi connectivity index (χ0v) is 6.51. The van der Waals surface area contributed by atoms with Crippen molar-refractivity contribution >= 4 is 41.3 Å². The first-order valence-corrected chi connectivity index (χ1v) is 3.26. The predicted molar refractivity (Wildman–Crippen MR) is 43.6 cm³/mol.